The maximum absolute atomic E-state index is 12.4. The third-order valence-corrected chi connectivity index (χ3v) is 5.23. The first-order valence-electron chi connectivity index (χ1n) is 11.2. The van der Waals surface area contributed by atoms with Gasteiger partial charge in [0.2, 0.25) is 5.88 Å². The number of hydrogen-bond acceptors (Lipinski definition) is 5. The zero-order chi connectivity index (χ0) is 23.9. The van der Waals surface area contributed by atoms with Crippen LogP contribution in [0.3, 0.4) is 0 Å². The molecule has 2 heterocycles. The van der Waals surface area contributed by atoms with Gasteiger partial charge in [0.1, 0.15) is 11.6 Å². The summed E-state index contributed by atoms with van der Waals surface area (Å²) in [5.74, 6) is 2.25. The monoisotopic (exact) mass is 453 g/mol. The van der Waals surface area contributed by atoms with Crippen molar-refractivity contribution < 1.29 is 9.53 Å². The van der Waals surface area contributed by atoms with Crippen LogP contribution in [0, 0.1) is 0 Å². The lowest BCUT2D eigenvalue weighted by Crippen LogP contribution is -2.19. The highest BCUT2D eigenvalue weighted by atomic mass is 16.5. The van der Waals surface area contributed by atoms with Crippen molar-refractivity contribution >= 4 is 17.4 Å². The van der Waals surface area contributed by atoms with Crippen LogP contribution in [0.25, 0.3) is 11.3 Å². The summed E-state index contributed by atoms with van der Waals surface area (Å²) in [6, 6.07) is 20.2. The largest absolute Gasteiger partial charge is 0.438 e. The third-order valence-electron chi connectivity index (χ3n) is 5.23. The summed E-state index contributed by atoms with van der Waals surface area (Å²) >= 11 is 0. The Labute approximate surface area is 199 Å². The number of benzene rings is 2. The van der Waals surface area contributed by atoms with Crippen LogP contribution in [-0.4, -0.2) is 21.0 Å². The Bertz CT molecular complexity index is 1250. The molecule has 4 rings (SSSR count). The fourth-order valence-electron chi connectivity index (χ4n) is 3.35. The summed E-state index contributed by atoms with van der Waals surface area (Å²) in [6.45, 7) is 6.28. The van der Waals surface area contributed by atoms with Crippen molar-refractivity contribution in [1.82, 2.24) is 15.0 Å². The van der Waals surface area contributed by atoms with Crippen LogP contribution in [0.5, 0.6) is 11.6 Å². The molecule has 7 nitrogen and oxygen atoms in total. The van der Waals surface area contributed by atoms with Gasteiger partial charge in [-0.05, 0) is 66.1 Å². The predicted octanol–water partition coefficient (Wildman–Crippen LogP) is 6.66. The second kappa shape index (κ2) is 10.6. The lowest BCUT2D eigenvalue weighted by atomic mass is 10.0. The summed E-state index contributed by atoms with van der Waals surface area (Å²) in [5.41, 5.74) is 4.15. The Morgan fingerprint density at radius 3 is 2.21 bits per heavy atom. The summed E-state index contributed by atoms with van der Waals surface area (Å²) in [7, 11) is 0. The molecule has 2 N–H and O–H groups in total. The fourth-order valence-corrected chi connectivity index (χ4v) is 3.35. The van der Waals surface area contributed by atoms with Gasteiger partial charge in [-0.25, -0.2) is 19.7 Å². The first kappa shape index (κ1) is 22.9. The number of anilines is 2. The summed E-state index contributed by atoms with van der Waals surface area (Å²) in [6.07, 6.45) is 4.16. The van der Waals surface area contributed by atoms with Crippen LogP contribution in [0.4, 0.5) is 16.2 Å². The van der Waals surface area contributed by atoms with Gasteiger partial charge in [0, 0.05) is 30.2 Å². The van der Waals surface area contributed by atoms with Gasteiger partial charge in [0.15, 0.2) is 0 Å². The van der Waals surface area contributed by atoms with Crippen molar-refractivity contribution in [2.24, 2.45) is 0 Å². The molecule has 0 atom stereocenters. The molecule has 2 aromatic heterocycles. The number of aryl methyl sites for hydroxylation is 1. The number of pyridine rings is 1. The van der Waals surface area contributed by atoms with Gasteiger partial charge in [0.05, 0.1) is 11.3 Å². The van der Waals surface area contributed by atoms with E-state index in [-0.39, 0.29) is 6.03 Å². The molecule has 2 aromatic carbocycles. The Kier molecular flexibility index (Phi) is 7.13. The average Bonchev–Trinajstić information content (AvgIpc) is 2.86. The Hall–Kier alpha value is -4.26. The lowest BCUT2D eigenvalue weighted by molar-refractivity contribution is 0.262. The smallest absolute Gasteiger partial charge is 0.323 e. The molecule has 2 amide bonds. The molecule has 0 aliphatic heterocycles. The van der Waals surface area contributed by atoms with Gasteiger partial charge in [-0.15, -0.1) is 0 Å². The molecule has 0 bridgehead atoms. The first-order valence-corrected chi connectivity index (χ1v) is 11.2. The third kappa shape index (κ3) is 5.75. The van der Waals surface area contributed by atoms with Crippen LogP contribution in [0.2, 0.25) is 0 Å². The van der Waals surface area contributed by atoms with Crippen LogP contribution in [0.15, 0.2) is 79.1 Å². The van der Waals surface area contributed by atoms with Gasteiger partial charge in [0.25, 0.3) is 0 Å². The number of nitrogens with one attached hydrogen (secondary N) is 2. The van der Waals surface area contributed by atoms with Crippen LogP contribution >= 0.6 is 0 Å². The number of aromatic nitrogens is 3. The van der Waals surface area contributed by atoms with E-state index in [0.717, 1.165) is 29.2 Å². The molecule has 0 unspecified atom stereocenters. The number of nitrogens with zero attached hydrogens (tertiary/aromatic N) is 3. The van der Waals surface area contributed by atoms with E-state index in [9.17, 15) is 4.79 Å². The molecule has 172 valence electrons. The van der Waals surface area contributed by atoms with Crippen molar-refractivity contribution in [3.63, 3.8) is 0 Å². The zero-order valence-electron chi connectivity index (χ0n) is 19.4. The van der Waals surface area contributed by atoms with Crippen molar-refractivity contribution in [2.75, 3.05) is 10.6 Å². The van der Waals surface area contributed by atoms with Gasteiger partial charge in [-0.2, -0.15) is 0 Å². The number of urea groups is 1. The van der Waals surface area contributed by atoms with Crippen molar-refractivity contribution in [1.29, 1.82) is 0 Å². The summed E-state index contributed by atoms with van der Waals surface area (Å²) < 4.78 is 6.02. The van der Waals surface area contributed by atoms with E-state index < -0.39 is 0 Å². The highest BCUT2D eigenvalue weighted by Gasteiger charge is 2.11. The van der Waals surface area contributed by atoms with E-state index >= 15 is 0 Å². The van der Waals surface area contributed by atoms with E-state index in [0.29, 0.717) is 23.2 Å². The van der Waals surface area contributed by atoms with E-state index in [2.05, 4.69) is 39.4 Å². The number of hydrogen-bond donors (Lipinski definition) is 2. The normalized spacial score (nSPS) is 10.7. The molecule has 0 aliphatic carbocycles. The highest BCUT2D eigenvalue weighted by Crippen LogP contribution is 2.30. The summed E-state index contributed by atoms with van der Waals surface area (Å²) in [4.78, 5) is 25.6. The molecule has 4 aromatic rings. The van der Waals surface area contributed by atoms with Gasteiger partial charge in [-0.1, -0.05) is 32.9 Å². The molecule has 0 spiro atoms. The van der Waals surface area contributed by atoms with Crippen LogP contribution < -0.4 is 15.4 Å². The minimum absolute atomic E-state index is 0.312. The number of carbonyl (C=O) groups excluding carboxylic acids is 1. The number of amides is 2. The Balaban J connectivity index is 1.41. The van der Waals surface area contributed by atoms with Gasteiger partial charge < -0.3 is 15.4 Å². The zero-order valence-corrected chi connectivity index (χ0v) is 19.4. The minimum atomic E-state index is -0.312. The number of rotatable bonds is 7. The topological polar surface area (TPSA) is 89.0 Å². The lowest BCUT2D eigenvalue weighted by Gasteiger charge is -2.12. The van der Waals surface area contributed by atoms with Crippen LogP contribution in [-0.2, 0) is 6.42 Å². The van der Waals surface area contributed by atoms with Crippen molar-refractivity contribution in [3.05, 3.63) is 90.5 Å². The average molecular weight is 454 g/mol. The molecule has 7 heteroatoms. The molecule has 0 saturated carbocycles. The minimum Gasteiger partial charge on any atom is -0.438 e. The molecule has 0 aliphatic rings. The quantitative estimate of drug-likeness (QED) is 0.327. The Morgan fingerprint density at radius 2 is 1.56 bits per heavy atom. The Morgan fingerprint density at radius 1 is 0.882 bits per heavy atom. The number of ether oxygens (including phenoxy) is 1. The SMILES string of the molecule is CCc1nccc(-c2cccnc2Oc2ccc(NC(=O)Nc3ccc(C(C)C)cc3)cc2)n1. The van der Waals surface area contributed by atoms with E-state index in [4.69, 9.17) is 4.74 Å². The van der Waals surface area contributed by atoms with E-state index in [1.54, 1.807) is 36.7 Å². The molecule has 34 heavy (non-hydrogen) atoms. The molecular weight excluding hydrogens is 426 g/mol. The second-order valence-corrected chi connectivity index (χ2v) is 8.05. The fraction of sp³-hybridized carbons (Fsp3) is 0.185. The standard InChI is InChI=1S/C27H27N5O2/c1-4-25-28-17-15-24(32-25)23-6-5-16-29-26(23)34-22-13-11-21(12-14-22)31-27(33)30-20-9-7-19(8-10-20)18(2)3/h5-18H,4H2,1-3H3,(H2,30,31,33). The summed E-state index contributed by atoms with van der Waals surface area (Å²) in [5, 5.41) is 5.67. The molecule has 0 fully saturated rings. The van der Waals surface area contributed by atoms with Gasteiger partial charge in [-0.3, -0.25) is 0 Å². The van der Waals surface area contributed by atoms with Crippen molar-refractivity contribution in [3.8, 4) is 22.9 Å². The maximum Gasteiger partial charge on any atom is 0.323 e. The van der Waals surface area contributed by atoms with E-state index in [1.807, 2.05) is 49.4 Å². The number of carbonyl (C=O) groups is 1. The van der Waals surface area contributed by atoms with E-state index in [1.165, 1.54) is 5.56 Å². The predicted molar refractivity (Wildman–Crippen MR) is 134 cm³/mol. The maximum atomic E-state index is 12.4. The molecule has 0 radical (unpaired) electrons. The second-order valence-electron chi connectivity index (χ2n) is 8.05. The molecular formula is C27H27N5O2. The first-order chi connectivity index (χ1) is 16.5. The molecule has 0 saturated heterocycles. The van der Waals surface area contributed by atoms with Crippen molar-refractivity contribution in [2.45, 2.75) is 33.1 Å². The highest BCUT2D eigenvalue weighted by molar-refractivity contribution is 5.99. The van der Waals surface area contributed by atoms with Gasteiger partial charge >= 0.3 is 6.03 Å². The van der Waals surface area contributed by atoms with Crippen LogP contribution in [0.1, 0.15) is 38.1 Å².